The summed E-state index contributed by atoms with van der Waals surface area (Å²) >= 11 is 0. The fourth-order valence-corrected chi connectivity index (χ4v) is 1.40. The summed E-state index contributed by atoms with van der Waals surface area (Å²) in [5.74, 6) is -3.86. The molecule has 0 saturated heterocycles. The molecule has 6 nitrogen and oxygen atoms in total. The number of carboxylic acid groups (broad SMARTS) is 1. The van der Waals surface area contributed by atoms with E-state index in [1.165, 1.54) is 18.2 Å². The predicted molar refractivity (Wildman–Crippen MR) is 61.0 cm³/mol. The molecule has 1 aromatic rings. The minimum atomic E-state index is -4.97. The third kappa shape index (κ3) is 4.43. The van der Waals surface area contributed by atoms with Crippen LogP contribution in [0.25, 0.3) is 0 Å². The van der Waals surface area contributed by atoms with Crippen molar-refractivity contribution in [2.75, 3.05) is 0 Å². The van der Waals surface area contributed by atoms with Crippen molar-refractivity contribution in [1.82, 2.24) is 0 Å². The average molecular weight is 308 g/mol. The topological polar surface area (TPSA) is 104 Å². The van der Waals surface area contributed by atoms with E-state index in [9.17, 15) is 22.8 Å². The molecule has 0 radical (unpaired) electrons. The number of aliphatic carboxylic acids is 1. The molecule has 0 bridgehead atoms. The van der Waals surface area contributed by atoms with Gasteiger partial charge in [0.15, 0.2) is 12.2 Å². The highest BCUT2D eigenvalue weighted by Gasteiger charge is 2.45. The van der Waals surface area contributed by atoms with E-state index < -0.39 is 42.0 Å². The summed E-state index contributed by atoms with van der Waals surface area (Å²) < 4.78 is 42.7. The van der Waals surface area contributed by atoms with Crippen molar-refractivity contribution in [3.05, 3.63) is 35.9 Å². The van der Waals surface area contributed by atoms with Gasteiger partial charge in [0, 0.05) is 5.56 Å². The van der Waals surface area contributed by atoms with Crippen LogP contribution < -0.4 is 0 Å². The van der Waals surface area contributed by atoms with Crippen LogP contribution >= 0.6 is 0 Å². The Balaban J connectivity index is 2.94. The molecule has 116 valence electrons. The Morgan fingerprint density at radius 3 is 2.00 bits per heavy atom. The second-order valence-electron chi connectivity index (χ2n) is 4.00. The number of carbonyl (C=O) groups excluding carboxylic acids is 1. The van der Waals surface area contributed by atoms with Crippen LogP contribution in [0.15, 0.2) is 30.3 Å². The molecule has 0 saturated carbocycles. The van der Waals surface area contributed by atoms with Crippen LogP contribution in [0.5, 0.6) is 0 Å². The van der Waals surface area contributed by atoms with E-state index in [2.05, 4.69) is 4.74 Å². The van der Waals surface area contributed by atoms with Crippen LogP contribution in [0, 0.1) is 0 Å². The van der Waals surface area contributed by atoms with Gasteiger partial charge in [-0.05, 0) is 0 Å². The molecule has 1 aromatic carbocycles. The molecule has 1 rings (SSSR count). The van der Waals surface area contributed by atoms with E-state index in [-0.39, 0.29) is 0 Å². The molecule has 3 N–H and O–H groups in total. The molecule has 21 heavy (non-hydrogen) atoms. The van der Waals surface area contributed by atoms with Gasteiger partial charge in [-0.25, -0.2) is 9.59 Å². The number of aliphatic hydroxyl groups excluding tert-OH is 2. The molecule has 0 aliphatic carbocycles. The zero-order chi connectivity index (χ0) is 16.2. The van der Waals surface area contributed by atoms with E-state index in [1.54, 1.807) is 0 Å². The van der Waals surface area contributed by atoms with Gasteiger partial charge in [-0.3, -0.25) is 0 Å². The molecule has 0 aliphatic rings. The second-order valence-corrected chi connectivity index (χ2v) is 4.00. The molecular formula is C12H11F3O6. The van der Waals surface area contributed by atoms with E-state index in [0.717, 1.165) is 12.1 Å². The molecular weight excluding hydrogens is 297 g/mol. The van der Waals surface area contributed by atoms with Crippen molar-refractivity contribution >= 4 is 11.9 Å². The number of esters is 1. The maximum atomic E-state index is 12.9. The molecule has 0 heterocycles. The fraction of sp³-hybridized carbons (Fsp3) is 0.333. The van der Waals surface area contributed by atoms with Crippen molar-refractivity contribution in [2.45, 2.75) is 24.5 Å². The van der Waals surface area contributed by atoms with Crippen LogP contribution in [0.2, 0.25) is 0 Å². The number of ether oxygens (including phenoxy) is 1. The third-order valence-corrected chi connectivity index (χ3v) is 2.43. The highest BCUT2D eigenvalue weighted by atomic mass is 19.4. The first-order valence-electron chi connectivity index (χ1n) is 5.55. The summed E-state index contributed by atoms with van der Waals surface area (Å²) in [5.41, 5.74) is -0.407. The largest absolute Gasteiger partial charge is 0.479 e. The van der Waals surface area contributed by atoms with Crippen LogP contribution in [0.3, 0.4) is 0 Å². The standard InChI is InChI=1S/C12H11F3O6/c13-12(14,15)9(6-4-2-1-3-5-6)21-11(20)8(17)7(16)10(18)19/h1-5,7-9,16-17H,(H,18,19)/t7?,8?,9-/m1/s1. The number of carbonyl (C=O) groups is 2. The average Bonchev–Trinajstić information content (AvgIpc) is 2.42. The van der Waals surface area contributed by atoms with E-state index in [1.807, 2.05) is 0 Å². The number of carboxylic acids is 1. The Bertz CT molecular complexity index is 501. The summed E-state index contributed by atoms with van der Waals surface area (Å²) in [6.45, 7) is 0. The number of hydrogen-bond donors (Lipinski definition) is 3. The van der Waals surface area contributed by atoms with Crippen LogP contribution in [0.1, 0.15) is 11.7 Å². The van der Waals surface area contributed by atoms with Gasteiger partial charge < -0.3 is 20.1 Å². The summed E-state index contributed by atoms with van der Waals surface area (Å²) in [5, 5.41) is 26.4. The lowest BCUT2D eigenvalue weighted by Gasteiger charge is -2.23. The molecule has 2 unspecified atom stereocenters. The summed E-state index contributed by atoms with van der Waals surface area (Å²) in [7, 11) is 0. The number of alkyl halides is 3. The lowest BCUT2D eigenvalue weighted by atomic mass is 10.1. The summed E-state index contributed by atoms with van der Waals surface area (Å²) in [6.07, 6.45) is -12.9. The normalized spacial score (nSPS) is 15.9. The number of aliphatic hydroxyl groups is 2. The first-order chi connectivity index (χ1) is 9.64. The van der Waals surface area contributed by atoms with Crippen molar-refractivity contribution in [2.24, 2.45) is 0 Å². The smallest absolute Gasteiger partial charge is 0.429 e. The maximum Gasteiger partial charge on any atom is 0.429 e. The van der Waals surface area contributed by atoms with Gasteiger partial charge in [-0.2, -0.15) is 13.2 Å². The van der Waals surface area contributed by atoms with E-state index in [0.29, 0.717) is 0 Å². The molecule has 3 atom stereocenters. The molecule has 0 spiro atoms. The highest BCUT2D eigenvalue weighted by molar-refractivity contribution is 5.84. The van der Waals surface area contributed by atoms with Crippen molar-refractivity contribution in [1.29, 1.82) is 0 Å². The summed E-state index contributed by atoms with van der Waals surface area (Å²) in [6, 6.07) is 6.10. The molecule has 9 heteroatoms. The number of halogens is 3. The van der Waals surface area contributed by atoms with E-state index >= 15 is 0 Å². The predicted octanol–water partition coefficient (Wildman–Crippen LogP) is 0.640. The summed E-state index contributed by atoms with van der Waals surface area (Å²) in [4.78, 5) is 21.7. The van der Waals surface area contributed by atoms with Crippen LogP contribution in [-0.2, 0) is 14.3 Å². The Kier molecular flexibility index (Phi) is 5.28. The lowest BCUT2D eigenvalue weighted by molar-refractivity contribution is -0.230. The minimum absolute atomic E-state index is 0.407. The Hall–Kier alpha value is -2.13. The monoisotopic (exact) mass is 308 g/mol. The lowest BCUT2D eigenvalue weighted by Crippen LogP contribution is -2.42. The number of rotatable bonds is 5. The zero-order valence-electron chi connectivity index (χ0n) is 10.3. The molecule has 0 amide bonds. The SMILES string of the molecule is O=C(O)C(O)C(O)C(=O)O[C@H](c1ccccc1)C(F)(F)F. The molecule has 0 fully saturated rings. The first kappa shape index (κ1) is 16.9. The molecule has 0 aliphatic heterocycles. The Morgan fingerprint density at radius 2 is 1.57 bits per heavy atom. The van der Waals surface area contributed by atoms with Crippen molar-refractivity contribution in [3.8, 4) is 0 Å². The zero-order valence-corrected chi connectivity index (χ0v) is 10.3. The highest BCUT2D eigenvalue weighted by Crippen LogP contribution is 2.36. The van der Waals surface area contributed by atoms with Crippen molar-refractivity contribution in [3.63, 3.8) is 0 Å². The van der Waals surface area contributed by atoms with Gasteiger partial charge in [0.2, 0.25) is 6.10 Å². The second kappa shape index (κ2) is 6.55. The Labute approximate surface area is 116 Å². The maximum absolute atomic E-state index is 12.9. The van der Waals surface area contributed by atoms with Gasteiger partial charge in [0.25, 0.3) is 0 Å². The van der Waals surface area contributed by atoms with Gasteiger partial charge in [0.1, 0.15) is 0 Å². The number of benzene rings is 1. The van der Waals surface area contributed by atoms with Crippen LogP contribution in [-0.4, -0.2) is 45.6 Å². The van der Waals surface area contributed by atoms with Gasteiger partial charge in [-0.15, -0.1) is 0 Å². The van der Waals surface area contributed by atoms with Crippen molar-refractivity contribution < 1.29 is 42.8 Å². The van der Waals surface area contributed by atoms with Crippen LogP contribution in [0.4, 0.5) is 13.2 Å². The van der Waals surface area contributed by atoms with Gasteiger partial charge >= 0.3 is 18.1 Å². The Morgan fingerprint density at radius 1 is 1.05 bits per heavy atom. The molecule has 0 aromatic heterocycles. The minimum Gasteiger partial charge on any atom is -0.479 e. The van der Waals surface area contributed by atoms with Gasteiger partial charge in [0.05, 0.1) is 0 Å². The quantitative estimate of drug-likeness (QED) is 0.690. The fourth-order valence-electron chi connectivity index (χ4n) is 1.40. The number of hydrogen-bond acceptors (Lipinski definition) is 5. The van der Waals surface area contributed by atoms with E-state index in [4.69, 9.17) is 15.3 Å². The van der Waals surface area contributed by atoms with Gasteiger partial charge in [-0.1, -0.05) is 30.3 Å². The first-order valence-corrected chi connectivity index (χ1v) is 5.55. The third-order valence-electron chi connectivity index (χ3n) is 2.43.